The number of alkyl halides is 3. The van der Waals surface area contributed by atoms with Crippen LogP contribution in [-0.2, 0) is 22.4 Å². The number of hydrogen-bond donors (Lipinski definition) is 1. The normalized spacial score (nSPS) is 23.5. The summed E-state index contributed by atoms with van der Waals surface area (Å²) in [6, 6.07) is 4.79. The third-order valence-electron chi connectivity index (χ3n) is 4.47. The Morgan fingerprint density at radius 2 is 2.17 bits per heavy atom. The molecule has 0 radical (unpaired) electrons. The number of ether oxygens (including phenoxy) is 1. The van der Waals surface area contributed by atoms with Gasteiger partial charge in [-0.15, -0.1) is 0 Å². The van der Waals surface area contributed by atoms with Crippen LogP contribution in [0.25, 0.3) is 0 Å². The first-order valence-electron chi connectivity index (χ1n) is 7.76. The predicted octanol–water partition coefficient (Wildman–Crippen LogP) is 1.65. The van der Waals surface area contributed by atoms with Crippen LogP contribution in [0.5, 0.6) is 0 Å². The number of aryl methyl sites for hydroxylation is 1. The summed E-state index contributed by atoms with van der Waals surface area (Å²) in [5.41, 5.74) is 2.38. The van der Waals surface area contributed by atoms with Crippen molar-refractivity contribution < 1.29 is 27.5 Å². The quantitative estimate of drug-likeness (QED) is 0.831. The molecule has 2 heterocycles. The van der Waals surface area contributed by atoms with E-state index in [0.29, 0.717) is 24.9 Å². The van der Waals surface area contributed by atoms with E-state index in [1.54, 1.807) is 12.1 Å². The standard InChI is InChI=1S/C16H17F3N2O3/c1-2-9-4-3-5-10-11(9)8-12-13(24-15(23)16(17,18)19)20-6-7-21(12)14(10)22/h3-5,12-13,20H,2,6-8H2,1H3/t12-,13?/m1/s1. The number of halogens is 3. The van der Waals surface area contributed by atoms with E-state index < -0.39 is 24.4 Å². The smallest absolute Gasteiger partial charge is 0.438 e. The number of rotatable bonds is 2. The fourth-order valence-corrected chi connectivity index (χ4v) is 3.34. The van der Waals surface area contributed by atoms with E-state index in [2.05, 4.69) is 10.1 Å². The fraction of sp³-hybridized carbons (Fsp3) is 0.500. The van der Waals surface area contributed by atoms with E-state index >= 15 is 0 Å². The maximum Gasteiger partial charge on any atom is 0.490 e. The fourth-order valence-electron chi connectivity index (χ4n) is 3.34. The molecule has 1 aromatic rings. The summed E-state index contributed by atoms with van der Waals surface area (Å²) in [5, 5.41) is 2.77. The Morgan fingerprint density at radius 1 is 1.42 bits per heavy atom. The highest BCUT2D eigenvalue weighted by atomic mass is 19.4. The molecule has 0 spiro atoms. The lowest BCUT2D eigenvalue weighted by Crippen LogP contribution is -2.63. The van der Waals surface area contributed by atoms with Gasteiger partial charge in [-0.2, -0.15) is 13.2 Å². The summed E-state index contributed by atoms with van der Waals surface area (Å²) in [7, 11) is 0. The molecule has 0 saturated carbocycles. The van der Waals surface area contributed by atoms with Gasteiger partial charge in [-0.25, -0.2) is 4.79 Å². The minimum absolute atomic E-state index is 0.230. The van der Waals surface area contributed by atoms with Crippen LogP contribution in [0.1, 0.15) is 28.4 Å². The van der Waals surface area contributed by atoms with Gasteiger partial charge in [-0.05, 0) is 30.0 Å². The summed E-state index contributed by atoms with van der Waals surface area (Å²) in [4.78, 5) is 25.3. The number of piperazine rings is 1. The van der Waals surface area contributed by atoms with Crippen molar-refractivity contribution in [2.45, 2.75) is 38.2 Å². The van der Waals surface area contributed by atoms with Gasteiger partial charge < -0.3 is 9.64 Å². The Morgan fingerprint density at radius 3 is 2.83 bits per heavy atom. The van der Waals surface area contributed by atoms with Gasteiger partial charge in [0.2, 0.25) is 0 Å². The second kappa shape index (κ2) is 6.08. The van der Waals surface area contributed by atoms with Gasteiger partial charge in [-0.3, -0.25) is 10.1 Å². The van der Waals surface area contributed by atoms with Gasteiger partial charge in [0.05, 0.1) is 6.04 Å². The number of nitrogens with zero attached hydrogens (tertiary/aromatic N) is 1. The first-order valence-corrected chi connectivity index (χ1v) is 7.76. The van der Waals surface area contributed by atoms with Crippen LogP contribution < -0.4 is 5.32 Å². The molecule has 2 aliphatic heterocycles. The van der Waals surface area contributed by atoms with Crippen LogP contribution in [0, 0.1) is 0 Å². The molecule has 1 fully saturated rings. The van der Waals surface area contributed by atoms with Crippen molar-refractivity contribution in [1.29, 1.82) is 0 Å². The van der Waals surface area contributed by atoms with Gasteiger partial charge in [0.25, 0.3) is 5.91 Å². The van der Waals surface area contributed by atoms with Crippen molar-refractivity contribution in [2.75, 3.05) is 13.1 Å². The average Bonchev–Trinajstić information content (AvgIpc) is 2.54. The number of carbonyl (C=O) groups is 2. The van der Waals surface area contributed by atoms with Crippen molar-refractivity contribution in [3.05, 3.63) is 34.9 Å². The molecule has 0 bridgehead atoms. The van der Waals surface area contributed by atoms with Gasteiger partial charge in [0.1, 0.15) is 0 Å². The molecule has 130 valence electrons. The molecule has 1 saturated heterocycles. The molecule has 1 amide bonds. The van der Waals surface area contributed by atoms with Gasteiger partial charge in [-0.1, -0.05) is 19.1 Å². The van der Waals surface area contributed by atoms with E-state index in [0.717, 1.165) is 11.1 Å². The minimum Gasteiger partial charge on any atom is -0.438 e. The monoisotopic (exact) mass is 342 g/mol. The molecule has 8 heteroatoms. The summed E-state index contributed by atoms with van der Waals surface area (Å²) in [6.45, 7) is 2.58. The van der Waals surface area contributed by atoms with Gasteiger partial charge >= 0.3 is 12.1 Å². The highest BCUT2D eigenvalue weighted by Gasteiger charge is 2.47. The average molecular weight is 342 g/mol. The van der Waals surface area contributed by atoms with Crippen LogP contribution in [0.2, 0.25) is 0 Å². The Bertz CT molecular complexity index is 675. The maximum absolute atomic E-state index is 12.7. The van der Waals surface area contributed by atoms with Crippen LogP contribution in [0.3, 0.4) is 0 Å². The molecule has 0 aromatic heterocycles. The number of benzene rings is 1. The van der Waals surface area contributed by atoms with Gasteiger partial charge in [0, 0.05) is 18.7 Å². The molecule has 3 rings (SSSR count). The molecular weight excluding hydrogens is 325 g/mol. The molecule has 1 aromatic carbocycles. The Labute approximate surface area is 136 Å². The van der Waals surface area contributed by atoms with Crippen molar-refractivity contribution in [1.82, 2.24) is 10.2 Å². The van der Waals surface area contributed by atoms with Crippen LogP contribution in [0.15, 0.2) is 18.2 Å². The number of esters is 1. The maximum atomic E-state index is 12.7. The van der Waals surface area contributed by atoms with Crippen LogP contribution in [-0.4, -0.2) is 48.3 Å². The lowest BCUT2D eigenvalue weighted by atomic mass is 9.87. The number of hydrogen-bond acceptors (Lipinski definition) is 4. The van der Waals surface area contributed by atoms with Crippen LogP contribution in [0.4, 0.5) is 13.2 Å². The zero-order valence-electron chi connectivity index (χ0n) is 13.0. The molecule has 24 heavy (non-hydrogen) atoms. The van der Waals surface area contributed by atoms with Crippen molar-refractivity contribution in [3.8, 4) is 0 Å². The van der Waals surface area contributed by atoms with Crippen molar-refractivity contribution in [3.63, 3.8) is 0 Å². The minimum atomic E-state index is -5.06. The SMILES string of the molecule is CCc1cccc2c1C[C@@H]1C(OC(=O)C(F)(F)F)NCCN1C2=O. The topological polar surface area (TPSA) is 58.6 Å². The second-order valence-electron chi connectivity index (χ2n) is 5.84. The molecular formula is C16H17F3N2O3. The Kier molecular flexibility index (Phi) is 4.25. The summed E-state index contributed by atoms with van der Waals surface area (Å²) < 4.78 is 42.0. The lowest BCUT2D eigenvalue weighted by molar-refractivity contribution is -0.210. The summed E-state index contributed by atoms with van der Waals surface area (Å²) in [6.07, 6.45) is -5.16. The lowest BCUT2D eigenvalue weighted by Gasteiger charge is -2.44. The molecule has 1 N–H and O–H groups in total. The highest BCUT2D eigenvalue weighted by Crippen LogP contribution is 2.30. The van der Waals surface area contributed by atoms with E-state index in [4.69, 9.17) is 0 Å². The predicted molar refractivity (Wildman–Crippen MR) is 78.3 cm³/mol. The van der Waals surface area contributed by atoms with Gasteiger partial charge in [0.15, 0.2) is 6.23 Å². The molecule has 2 aliphatic rings. The highest BCUT2D eigenvalue weighted by molar-refractivity contribution is 5.97. The first-order chi connectivity index (χ1) is 11.3. The number of amides is 1. The third kappa shape index (κ3) is 2.86. The first kappa shape index (κ1) is 16.8. The van der Waals surface area contributed by atoms with E-state index in [1.807, 2.05) is 13.0 Å². The molecule has 2 atom stereocenters. The van der Waals surface area contributed by atoms with Crippen molar-refractivity contribution >= 4 is 11.9 Å². The van der Waals surface area contributed by atoms with E-state index in [-0.39, 0.29) is 12.5 Å². The van der Waals surface area contributed by atoms with E-state index in [1.165, 1.54) is 4.90 Å². The van der Waals surface area contributed by atoms with Crippen molar-refractivity contribution in [2.24, 2.45) is 0 Å². The zero-order valence-corrected chi connectivity index (χ0v) is 13.0. The Balaban J connectivity index is 1.91. The Hall–Kier alpha value is -2.09. The number of nitrogens with one attached hydrogen (secondary N) is 1. The van der Waals surface area contributed by atoms with E-state index in [9.17, 15) is 22.8 Å². The number of carbonyl (C=O) groups excluding carboxylic acids is 2. The molecule has 0 aliphatic carbocycles. The molecule has 5 nitrogen and oxygen atoms in total. The third-order valence-corrected chi connectivity index (χ3v) is 4.47. The summed E-state index contributed by atoms with van der Waals surface area (Å²) >= 11 is 0. The zero-order chi connectivity index (χ0) is 17.5. The second-order valence-corrected chi connectivity index (χ2v) is 5.84. The molecule has 1 unspecified atom stereocenters. The largest absolute Gasteiger partial charge is 0.490 e. The summed E-state index contributed by atoms with van der Waals surface area (Å²) in [5.74, 6) is -2.48. The van der Waals surface area contributed by atoms with Crippen LogP contribution >= 0.6 is 0 Å². The number of fused-ring (bicyclic) bond motifs is 2.